The fraction of sp³-hybridized carbons (Fsp3) is 0.200. The van der Waals surface area contributed by atoms with E-state index in [4.69, 9.17) is 0 Å². The van der Waals surface area contributed by atoms with E-state index in [-0.39, 0.29) is 24.2 Å². The second-order valence-corrected chi connectivity index (χ2v) is 4.96. The van der Waals surface area contributed by atoms with Crippen LogP contribution in [0.5, 0.6) is 0 Å². The van der Waals surface area contributed by atoms with Crippen LogP contribution in [0.1, 0.15) is 17.7 Å². The molecule has 3 heterocycles. The molecule has 3 rings (SSSR count). The Hall–Kier alpha value is -2.77. The van der Waals surface area contributed by atoms with Crippen molar-refractivity contribution in [3.63, 3.8) is 0 Å². The number of hydrogen-bond donors (Lipinski definition) is 0. The Kier molecular flexibility index (Phi) is 4.05. The van der Waals surface area contributed by atoms with Gasteiger partial charge in [0.05, 0.1) is 24.1 Å². The molecular formula is C15H11F3N4O. The maximum absolute atomic E-state index is 12.8. The molecule has 0 bridgehead atoms. The molecule has 0 saturated carbocycles. The van der Waals surface area contributed by atoms with Crippen LogP contribution in [0.4, 0.5) is 13.2 Å². The van der Waals surface area contributed by atoms with Crippen molar-refractivity contribution in [2.75, 3.05) is 0 Å². The number of hydrogen-bond acceptors (Lipinski definition) is 4. The van der Waals surface area contributed by atoms with Gasteiger partial charge in [-0.15, -0.1) is 0 Å². The predicted octanol–water partition coefficient (Wildman–Crippen LogP) is 2.24. The van der Waals surface area contributed by atoms with Gasteiger partial charge in [-0.05, 0) is 18.2 Å². The Morgan fingerprint density at radius 3 is 2.65 bits per heavy atom. The summed E-state index contributed by atoms with van der Waals surface area (Å²) in [5, 5.41) is 7.12. The molecule has 2 aromatic heterocycles. The highest BCUT2D eigenvalue weighted by atomic mass is 19.3. The van der Waals surface area contributed by atoms with Crippen LogP contribution in [0.2, 0.25) is 0 Å². The van der Waals surface area contributed by atoms with E-state index in [9.17, 15) is 18.0 Å². The molecule has 0 amide bonds. The number of aromatic nitrogens is 2. The van der Waals surface area contributed by atoms with Crippen LogP contribution < -0.4 is 5.56 Å². The van der Waals surface area contributed by atoms with Crippen LogP contribution in [0, 0.1) is 5.82 Å². The fourth-order valence-electron chi connectivity index (χ4n) is 2.14. The quantitative estimate of drug-likeness (QED) is 0.867. The van der Waals surface area contributed by atoms with Gasteiger partial charge < -0.3 is 4.57 Å². The van der Waals surface area contributed by atoms with Crippen LogP contribution >= 0.6 is 0 Å². The van der Waals surface area contributed by atoms with Gasteiger partial charge in [-0.3, -0.25) is 9.78 Å². The van der Waals surface area contributed by atoms with Gasteiger partial charge in [-0.25, -0.2) is 13.2 Å². The van der Waals surface area contributed by atoms with E-state index < -0.39 is 12.2 Å². The SMILES string of the molecule is O=c1cc(C2=NN=C(C(F)F)C2)ccn1Cc1ccc(F)cn1. The summed E-state index contributed by atoms with van der Waals surface area (Å²) in [5.41, 5.74) is 0.687. The molecule has 5 nitrogen and oxygen atoms in total. The smallest absolute Gasteiger partial charge is 0.278 e. The third-order valence-electron chi connectivity index (χ3n) is 3.35. The minimum Gasteiger partial charge on any atom is -0.309 e. The zero-order valence-corrected chi connectivity index (χ0v) is 11.8. The van der Waals surface area contributed by atoms with Crippen LogP contribution in [-0.4, -0.2) is 27.4 Å². The van der Waals surface area contributed by atoms with Crippen molar-refractivity contribution in [2.45, 2.75) is 19.4 Å². The molecule has 8 heteroatoms. The molecule has 0 fully saturated rings. The molecule has 1 aliphatic rings. The molecule has 118 valence electrons. The average molecular weight is 320 g/mol. The summed E-state index contributed by atoms with van der Waals surface area (Å²) in [6.07, 6.45) is -0.126. The highest BCUT2D eigenvalue weighted by molar-refractivity contribution is 6.15. The Bertz CT molecular complexity index is 841. The Labute approximate surface area is 128 Å². The van der Waals surface area contributed by atoms with Crippen molar-refractivity contribution in [3.05, 3.63) is 64.1 Å². The number of alkyl halides is 2. The largest absolute Gasteiger partial charge is 0.309 e. The van der Waals surface area contributed by atoms with Crippen molar-refractivity contribution in [2.24, 2.45) is 10.2 Å². The molecule has 0 N–H and O–H groups in total. The number of rotatable bonds is 4. The first-order chi connectivity index (χ1) is 11.0. The highest BCUT2D eigenvalue weighted by Crippen LogP contribution is 2.14. The van der Waals surface area contributed by atoms with Crippen molar-refractivity contribution >= 4 is 11.4 Å². The van der Waals surface area contributed by atoms with Gasteiger partial charge in [0.2, 0.25) is 0 Å². The van der Waals surface area contributed by atoms with Gasteiger partial charge >= 0.3 is 0 Å². The lowest BCUT2D eigenvalue weighted by Crippen LogP contribution is -2.22. The van der Waals surface area contributed by atoms with E-state index in [1.54, 1.807) is 6.07 Å². The summed E-state index contributed by atoms with van der Waals surface area (Å²) < 4.78 is 39.3. The Morgan fingerprint density at radius 1 is 1.22 bits per heavy atom. The van der Waals surface area contributed by atoms with Crippen molar-refractivity contribution in [3.8, 4) is 0 Å². The molecule has 0 atom stereocenters. The molecule has 1 aliphatic heterocycles. The first-order valence-electron chi connectivity index (χ1n) is 6.75. The summed E-state index contributed by atoms with van der Waals surface area (Å²) in [6, 6.07) is 5.66. The van der Waals surface area contributed by atoms with E-state index in [1.165, 1.54) is 29.0 Å². The van der Waals surface area contributed by atoms with Crippen molar-refractivity contribution < 1.29 is 13.2 Å². The van der Waals surface area contributed by atoms with E-state index >= 15 is 0 Å². The molecule has 0 spiro atoms. The summed E-state index contributed by atoms with van der Waals surface area (Å²) >= 11 is 0. The van der Waals surface area contributed by atoms with Crippen molar-refractivity contribution in [1.29, 1.82) is 0 Å². The van der Waals surface area contributed by atoms with Gasteiger partial charge in [-0.2, -0.15) is 10.2 Å². The van der Waals surface area contributed by atoms with E-state index in [0.29, 0.717) is 17.0 Å². The summed E-state index contributed by atoms with van der Waals surface area (Å²) in [6.45, 7) is 0.185. The minimum absolute atomic E-state index is 0.0688. The van der Waals surface area contributed by atoms with E-state index in [0.717, 1.165) is 6.20 Å². The van der Waals surface area contributed by atoms with Crippen LogP contribution in [-0.2, 0) is 6.54 Å². The Morgan fingerprint density at radius 2 is 2.04 bits per heavy atom. The summed E-state index contributed by atoms with van der Waals surface area (Å²) in [7, 11) is 0. The van der Waals surface area contributed by atoms with E-state index in [1.807, 2.05) is 0 Å². The van der Waals surface area contributed by atoms with E-state index in [2.05, 4.69) is 15.2 Å². The van der Waals surface area contributed by atoms with Crippen LogP contribution in [0.25, 0.3) is 0 Å². The summed E-state index contributed by atoms with van der Waals surface area (Å²) in [5.74, 6) is -0.453. The molecule has 0 radical (unpaired) electrons. The molecule has 2 aromatic rings. The molecule has 0 aliphatic carbocycles. The zero-order chi connectivity index (χ0) is 16.4. The van der Waals surface area contributed by atoms with Gasteiger partial charge in [-0.1, -0.05) is 0 Å². The van der Waals surface area contributed by atoms with Crippen LogP contribution in [0.3, 0.4) is 0 Å². The lowest BCUT2D eigenvalue weighted by Gasteiger charge is -2.07. The third-order valence-corrected chi connectivity index (χ3v) is 3.35. The lowest BCUT2D eigenvalue weighted by molar-refractivity contribution is 0.224. The van der Waals surface area contributed by atoms with Gasteiger partial charge in [0.25, 0.3) is 12.0 Å². The van der Waals surface area contributed by atoms with Gasteiger partial charge in [0, 0.05) is 24.2 Å². The Balaban J connectivity index is 1.77. The number of nitrogens with zero attached hydrogens (tertiary/aromatic N) is 4. The maximum atomic E-state index is 12.8. The monoisotopic (exact) mass is 320 g/mol. The average Bonchev–Trinajstić information content (AvgIpc) is 3.01. The molecular weight excluding hydrogens is 309 g/mol. The number of pyridine rings is 2. The molecule has 0 unspecified atom stereocenters. The third kappa shape index (κ3) is 3.36. The normalized spacial score (nSPS) is 14.1. The summed E-state index contributed by atoms with van der Waals surface area (Å²) in [4.78, 5) is 16.0. The first kappa shape index (κ1) is 15.1. The first-order valence-corrected chi connectivity index (χ1v) is 6.75. The topological polar surface area (TPSA) is 59.6 Å². The second kappa shape index (κ2) is 6.15. The standard InChI is InChI=1S/C15H11F3N4O/c16-10-1-2-11(19-7-10)8-22-4-3-9(5-14(22)23)12-6-13(15(17)18)21-20-12/h1-5,7,15H,6,8H2. The van der Waals surface area contributed by atoms with Crippen molar-refractivity contribution in [1.82, 2.24) is 9.55 Å². The highest BCUT2D eigenvalue weighted by Gasteiger charge is 2.22. The lowest BCUT2D eigenvalue weighted by atomic mass is 10.1. The molecule has 0 saturated heterocycles. The second-order valence-electron chi connectivity index (χ2n) is 4.96. The van der Waals surface area contributed by atoms with Gasteiger partial charge in [0.1, 0.15) is 11.5 Å². The zero-order valence-electron chi connectivity index (χ0n) is 11.8. The predicted molar refractivity (Wildman–Crippen MR) is 78.6 cm³/mol. The van der Waals surface area contributed by atoms with Gasteiger partial charge in [0.15, 0.2) is 0 Å². The van der Waals surface area contributed by atoms with Crippen LogP contribution in [0.15, 0.2) is 51.7 Å². The number of halogens is 3. The molecule has 0 aromatic carbocycles. The maximum Gasteiger partial charge on any atom is 0.278 e. The minimum atomic E-state index is -2.65. The molecule has 23 heavy (non-hydrogen) atoms. The fourth-order valence-corrected chi connectivity index (χ4v) is 2.14.